The van der Waals surface area contributed by atoms with Crippen LogP contribution in [0.2, 0.25) is 0 Å². The molecule has 0 spiro atoms. The maximum atomic E-state index is 12.0. The Balaban J connectivity index is 1.81. The zero-order valence-corrected chi connectivity index (χ0v) is 11.4. The number of rotatable bonds is 5. The molecule has 2 heterocycles. The van der Waals surface area contributed by atoms with Crippen molar-refractivity contribution in [2.75, 3.05) is 19.6 Å². The Morgan fingerprint density at radius 3 is 2.83 bits per heavy atom. The van der Waals surface area contributed by atoms with E-state index in [4.69, 9.17) is 0 Å². The summed E-state index contributed by atoms with van der Waals surface area (Å²) in [7, 11) is -3.18. The van der Waals surface area contributed by atoms with Crippen LogP contribution in [-0.4, -0.2) is 43.1 Å². The third-order valence-electron chi connectivity index (χ3n) is 3.13. The molecule has 0 bridgehead atoms. The first-order chi connectivity index (χ1) is 8.58. The summed E-state index contributed by atoms with van der Waals surface area (Å²) >= 11 is 0. The monoisotopic (exact) mass is 272 g/mol. The number of hydrogen-bond donors (Lipinski definition) is 2. The summed E-state index contributed by atoms with van der Waals surface area (Å²) in [6, 6.07) is 0. The smallest absolute Gasteiger partial charge is 0.214 e. The highest BCUT2D eigenvalue weighted by molar-refractivity contribution is 7.90. The van der Waals surface area contributed by atoms with Crippen molar-refractivity contribution in [2.24, 2.45) is 0 Å². The molecule has 0 saturated carbocycles. The van der Waals surface area contributed by atoms with Crippen LogP contribution in [0.15, 0.2) is 12.4 Å². The molecule has 6 nitrogen and oxygen atoms in total. The van der Waals surface area contributed by atoms with Gasteiger partial charge in [0.05, 0.1) is 18.0 Å². The number of piperidine rings is 1. The molecule has 0 amide bonds. The lowest BCUT2D eigenvalue weighted by Gasteiger charge is -2.22. The number of aryl methyl sites for hydroxylation is 1. The van der Waals surface area contributed by atoms with Crippen molar-refractivity contribution in [1.82, 2.24) is 19.8 Å². The minimum atomic E-state index is -3.18. The van der Waals surface area contributed by atoms with E-state index in [1.54, 1.807) is 10.9 Å². The molecule has 1 fully saturated rings. The normalized spacial score (nSPS) is 18.1. The van der Waals surface area contributed by atoms with Crippen molar-refractivity contribution in [1.29, 1.82) is 0 Å². The topological polar surface area (TPSA) is 76.0 Å². The molecular weight excluding hydrogens is 252 g/mol. The van der Waals surface area contributed by atoms with E-state index < -0.39 is 10.0 Å². The van der Waals surface area contributed by atoms with Crippen LogP contribution in [0.3, 0.4) is 0 Å². The van der Waals surface area contributed by atoms with Gasteiger partial charge in [0.15, 0.2) is 0 Å². The van der Waals surface area contributed by atoms with Crippen molar-refractivity contribution in [2.45, 2.75) is 31.6 Å². The van der Waals surface area contributed by atoms with Crippen LogP contribution in [0.4, 0.5) is 0 Å². The SMILES string of the molecule is Cc1cnn(CCNS(=O)(=O)C2CCNCC2)c1. The Morgan fingerprint density at radius 2 is 2.22 bits per heavy atom. The Kier molecular flexibility index (Phi) is 4.36. The van der Waals surface area contributed by atoms with Gasteiger partial charge >= 0.3 is 0 Å². The molecular formula is C11H20N4O2S. The molecule has 1 saturated heterocycles. The Morgan fingerprint density at radius 1 is 1.50 bits per heavy atom. The third-order valence-corrected chi connectivity index (χ3v) is 5.09. The predicted molar refractivity (Wildman–Crippen MR) is 69.8 cm³/mol. The van der Waals surface area contributed by atoms with Crippen molar-refractivity contribution in [3.8, 4) is 0 Å². The van der Waals surface area contributed by atoms with Crippen LogP contribution in [0.1, 0.15) is 18.4 Å². The van der Waals surface area contributed by atoms with Gasteiger partial charge in [-0.2, -0.15) is 5.10 Å². The highest BCUT2D eigenvalue weighted by atomic mass is 32.2. The molecule has 1 aliphatic rings. The fourth-order valence-electron chi connectivity index (χ4n) is 2.12. The largest absolute Gasteiger partial charge is 0.317 e. The summed E-state index contributed by atoms with van der Waals surface area (Å²) in [5.41, 5.74) is 1.08. The van der Waals surface area contributed by atoms with E-state index in [1.807, 2.05) is 13.1 Å². The Bertz CT molecular complexity index is 477. The van der Waals surface area contributed by atoms with E-state index in [0.29, 0.717) is 25.9 Å². The minimum Gasteiger partial charge on any atom is -0.317 e. The van der Waals surface area contributed by atoms with Crippen LogP contribution in [0.25, 0.3) is 0 Å². The lowest BCUT2D eigenvalue weighted by Crippen LogP contribution is -2.42. The van der Waals surface area contributed by atoms with Crippen molar-refractivity contribution < 1.29 is 8.42 Å². The van der Waals surface area contributed by atoms with Crippen LogP contribution in [-0.2, 0) is 16.6 Å². The van der Waals surface area contributed by atoms with E-state index in [-0.39, 0.29) is 5.25 Å². The zero-order valence-electron chi connectivity index (χ0n) is 10.6. The first kappa shape index (κ1) is 13.5. The lowest BCUT2D eigenvalue weighted by molar-refractivity contribution is 0.486. The van der Waals surface area contributed by atoms with Gasteiger partial charge in [-0.25, -0.2) is 13.1 Å². The maximum Gasteiger partial charge on any atom is 0.214 e. The van der Waals surface area contributed by atoms with Gasteiger partial charge in [-0.15, -0.1) is 0 Å². The third kappa shape index (κ3) is 3.54. The van der Waals surface area contributed by atoms with Gasteiger partial charge in [-0.3, -0.25) is 4.68 Å². The average Bonchev–Trinajstić information content (AvgIpc) is 2.76. The fourth-order valence-corrected chi connectivity index (χ4v) is 3.58. The summed E-state index contributed by atoms with van der Waals surface area (Å²) in [5, 5.41) is 7.03. The van der Waals surface area contributed by atoms with Gasteiger partial charge < -0.3 is 5.32 Å². The maximum absolute atomic E-state index is 12.0. The number of hydrogen-bond acceptors (Lipinski definition) is 4. The number of nitrogens with one attached hydrogen (secondary N) is 2. The van der Waals surface area contributed by atoms with Gasteiger partial charge in [0.2, 0.25) is 10.0 Å². The Hall–Kier alpha value is -0.920. The first-order valence-electron chi connectivity index (χ1n) is 6.26. The highest BCUT2D eigenvalue weighted by Crippen LogP contribution is 2.11. The predicted octanol–water partition coefficient (Wildman–Crippen LogP) is -0.137. The van der Waals surface area contributed by atoms with Crippen molar-refractivity contribution in [3.05, 3.63) is 18.0 Å². The summed E-state index contributed by atoms with van der Waals surface area (Å²) in [4.78, 5) is 0. The van der Waals surface area contributed by atoms with Crippen LogP contribution in [0.5, 0.6) is 0 Å². The molecule has 0 atom stereocenters. The molecule has 1 aliphatic heterocycles. The minimum absolute atomic E-state index is 0.252. The van der Waals surface area contributed by atoms with E-state index in [2.05, 4.69) is 15.1 Å². The molecule has 18 heavy (non-hydrogen) atoms. The molecule has 0 aliphatic carbocycles. The number of sulfonamides is 1. The number of nitrogens with zero attached hydrogens (tertiary/aromatic N) is 2. The zero-order chi connectivity index (χ0) is 13.0. The average molecular weight is 272 g/mol. The van der Waals surface area contributed by atoms with Gasteiger partial charge in [0.1, 0.15) is 0 Å². The first-order valence-corrected chi connectivity index (χ1v) is 7.81. The van der Waals surface area contributed by atoms with E-state index in [0.717, 1.165) is 18.7 Å². The Labute approximate surface area is 108 Å². The summed E-state index contributed by atoms with van der Waals surface area (Å²) in [5.74, 6) is 0. The second-order valence-electron chi connectivity index (χ2n) is 4.67. The molecule has 2 rings (SSSR count). The molecule has 7 heteroatoms. The van der Waals surface area contributed by atoms with Gasteiger partial charge in [-0.05, 0) is 38.4 Å². The fraction of sp³-hybridized carbons (Fsp3) is 0.727. The van der Waals surface area contributed by atoms with Crippen molar-refractivity contribution >= 4 is 10.0 Å². The van der Waals surface area contributed by atoms with Gasteiger partial charge in [-0.1, -0.05) is 0 Å². The molecule has 2 N–H and O–H groups in total. The molecule has 1 aromatic heterocycles. The van der Waals surface area contributed by atoms with E-state index in [1.165, 1.54) is 0 Å². The summed E-state index contributed by atoms with van der Waals surface area (Å²) < 4.78 is 28.4. The molecule has 102 valence electrons. The molecule has 0 radical (unpaired) electrons. The summed E-state index contributed by atoms with van der Waals surface area (Å²) in [6.07, 6.45) is 5.05. The van der Waals surface area contributed by atoms with E-state index >= 15 is 0 Å². The molecule has 1 aromatic rings. The van der Waals surface area contributed by atoms with Crippen LogP contribution < -0.4 is 10.0 Å². The molecule has 0 unspecified atom stereocenters. The molecule has 0 aromatic carbocycles. The summed E-state index contributed by atoms with van der Waals surface area (Å²) in [6.45, 7) is 4.49. The second kappa shape index (κ2) is 5.81. The van der Waals surface area contributed by atoms with Crippen molar-refractivity contribution in [3.63, 3.8) is 0 Å². The van der Waals surface area contributed by atoms with Crippen LogP contribution >= 0.6 is 0 Å². The highest BCUT2D eigenvalue weighted by Gasteiger charge is 2.26. The van der Waals surface area contributed by atoms with Crippen LogP contribution in [0, 0.1) is 6.92 Å². The van der Waals surface area contributed by atoms with E-state index in [9.17, 15) is 8.42 Å². The standard InChI is InChI=1S/C11H20N4O2S/c1-10-8-13-15(9-10)7-6-14-18(16,17)11-2-4-12-5-3-11/h8-9,11-12,14H,2-7H2,1H3. The number of aromatic nitrogens is 2. The lowest BCUT2D eigenvalue weighted by atomic mass is 10.2. The quantitative estimate of drug-likeness (QED) is 0.782. The second-order valence-corrected chi connectivity index (χ2v) is 6.71. The van der Waals surface area contributed by atoms with Gasteiger partial charge in [0, 0.05) is 12.7 Å². The van der Waals surface area contributed by atoms with Gasteiger partial charge in [0.25, 0.3) is 0 Å².